The topological polar surface area (TPSA) is 62.3 Å². The van der Waals surface area contributed by atoms with Crippen molar-refractivity contribution in [3.05, 3.63) is 65.0 Å². The summed E-state index contributed by atoms with van der Waals surface area (Å²) in [4.78, 5) is 31.7. The Labute approximate surface area is 172 Å². The second-order valence-corrected chi connectivity index (χ2v) is 8.59. The van der Waals surface area contributed by atoms with Crippen molar-refractivity contribution >= 4 is 11.8 Å². The van der Waals surface area contributed by atoms with Gasteiger partial charge in [0, 0.05) is 49.4 Å². The molecular formula is C24H29N3O2. The molecule has 1 spiro atoms. The highest BCUT2D eigenvalue weighted by Gasteiger charge is 2.58. The van der Waals surface area contributed by atoms with Crippen molar-refractivity contribution in [2.45, 2.75) is 39.5 Å². The van der Waals surface area contributed by atoms with E-state index in [4.69, 9.17) is 0 Å². The molecule has 4 rings (SSSR count). The van der Waals surface area contributed by atoms with Crippen LogP contribution >= 0.6 is 0 Å². The number of likely N-dealkylation sites (tertiary alicyclic amines) is 1. The number of piperidine rings is 1. The number of nitrogens with zero attached hydrogens (tertiary/aromatic N) is 2. The lowest BCUT2D eigenvalue weighted by molar-refractivity contribution is -0.123. The first kappa shape index (κ1) is 19.6. The lowest BCUT2D eigenvalue weighted by Gasteiger charge is -2.33. The molecule has 1 aliphatic carbocycles. The van der Waals surface area contributed by atoms with Crippen molar-refractivity contribution in [1.29, 1.82) is 0 Å². The highest BCUT2D eigenvalue weighted by Crippen LogP contribution is 2.59. The van der Waals surface area contributed by atoms with Crippen molar-refractivity contribution in [3.63, 3.8) is 0 Å². The maximum Gasteiger partial charge on any atom is 0.254 e. The molecule has 1 aromatic carbocycles. The maximum atomic E-state index is 12.9. The minimum Gasteiger partial charge on any atom is -0.355 e. The van der Waals surface area contributed by atoms with Crippen LogP contribution < -0.4 is 5.32 Å². The number of aryl methyl sites for hydroxylation is 2. The van der Waals surface area contributed by atoms with Crippen LogP contribution in [-0.4, -0.2) is 41.3 Å². The van der Waals surface area contributed by atoms with E-state index in [2.05, 4.69) is 16.4 Å². The summed E-state index contributed by atoms with van der Waals surface area (Å²) >= 11 is 0. The number of pyridine rings is 1. The van der Waals surface area contributed by atoms with E-state index in [-0.39, 0.29) is 23.1 Å². The fraction of sp³-hybridized carbons (Fsp3) is 0.458. The maximum absolute atomic E-state index is 12.9. The quantitative estimate of drug-likeness (QED) is 0.851. The van der Waals surface area contributed by atoms with E-state index >= 15 is 0 Å². The van der Waals surface area contributed by atoms with Gasteiger partial charge in [0.05, 0.1) is 0 Å². The van der Waals surface area contributed by atoms with Crippen LogP contribution in [0.25, 0.3) is 0 Å². The van der Waals surface area contributed by atoms with E-state index in [0.717, 1.165) is 55.6 Å². The molecule has 1 aromatic heterocycles. The van der Waals surface area contributed by atoms with Crippen LogP contribution in [0, 0.1) is 25.2 Å². The van der Waals surface area contributed by atoms with Crippen LogP contribution in [0.5, 0.6) is 0 Å². The molecule has 152 valence electrons. The van der Waals surface area contributed by atoms with Gasteiger partial charge >= 0.3 is 0 Å². The minimum absolute atomic E-state index is 0.101. The summed E-state index contributed by atoms with van der Waals surface area (Å²) in [6, 6.07) is 11.8. The first-order valence-electron chi connectivity index (χ1n) is 10.5. The Kier molecular flexibility index (Phi) is 5.39. The Bertz CT molecular complexity index is 902. The molecule has 0 bridgehead atoms. The molecule has 5 nitrogen and oxygen atoms in total. The summed E-state index contributed by atoms with van der Waals surface area (Å²) in [5.74, 6) is 0.383. The predicted octanol–water partition coefficient (Wildman–Crippen LogP) is 3.30. The van der Waals surface area contributed by atoms with Gasteiger partial charge in [0.15, 0.2) is 0 Å². The molecule has 2 aliphatic rings. The van der Waals surface area contributed by atoms with Crippen LogP contribution in [0.3, 0.4) is 0 Å². The SMILES string of the molecule is Cc1ccc(C(=O)N2CCC3(CC2)C[C@@H]3C(=O)NCCc2ccccn2)c(C)c1. The Hall–Kier alpha value is -2.69. The Balaban J connectivity index is 1.26. The summed E-state index contributed by atoms with van der Waals surface area (Å²) in [7, 11) is 0. The second kappa shape index (κ2) is 7.97. The molecule has 1 N–H and O–H groups in total. The summed E-state index contributed by atoms with van der Waals surface area (Å²) in [5, 5.41) is 3.08. The zero-order valence-corrected chi connectivity index (χ0v) is 17.3. The zero-order chi connectivity index (χ0) is 20.4. The summed E-state index contributed by atoms with van der Waals surface area (Å²) in [6.07, 6.45) is 5.32. The van der Waals surface area contributed by atoms with E-state index in [1.165, 1.54) is 5.56 Å². The predicted molar refractivity (Wildman–Crippen MR) is 113 cm³/mol. The van der Waals surface area contributed by atoms with Gasteiger partial charge in [-0.1, -0.05) is 23.8 Å². The van der Waals surface area contributed by atoms with E-state index < -0.39 is 0 Å². The number of aromatic nitrogens is 1. The number of carbonyl (C=O) groups excluding carboxylic acids is 2. The average Bonchev–Trinajstić information content (AvgIpc) is 3.42. The number of carbonyl (C=O) groups is 2. The third-order valence-electron chi connectivity index (χ3n) is 6.57. The van der Waals surface area contributed by atoms with Crippen LogP contribution in [0.15, 0.2) is 42.6 Å². The van der Waals surface area contributed by atoms with E-state index in [0.29, 0.717) is 6.54 Å². The molecule has 1 aliphatic heterocycles. The molecule has 2 aromatic rings. The van der Waals surface area contributed by atoms with E-state index in [1.807, 2.05) is 49.1 Å². The standard InChI is InChI=1S/C24H29N3O2/c1-17-6-7-20(18(2)15-17)23(29)27-13-9-24(10-14-27)16-21(24)22(28)26-12-8-19-5-3-4-11-25-19/h3-7,11,15,21H,8-10,12-14,16H2,1-2H3,(H,26,28)/t21-/m1/s1. The molecule has 1 atom stereocenters. The van der Waals surface area contributed by atoms with Crippen molar-refractivity contribution < 1.29 is 9.59 Å². The van der Waals surface area contributed by atoms with Gasteiger partial charge in [-0.3, -0.25) is 14.6 Å². The molecule has 29 heavy (non-hydrogen) atoms. The lowest BCUT2D eigenvalue weighted by Crippen LogP contribution is -2.41. The number of hydrogen-bond acceptors (Lipinski definition) is 3. The Morgan fingerprint density at radius 3 is 2.66 bits per heavy atom. The highest BCUT2D eigenvalue weighted by molar-refractivity contribution is 5.95. The van der Waals surface area contributed by atoms with Gasteiger partial charge in [0.2, 0.25) is 5.91 Å². The summed E-state index contributed by atoms with van der Waals surface area (Å²) in [5.41, 5.74) is 4.11. The molecule has 5 heteroatoms. The Morgan fingerprint density at radius 1 is 1.17 bits per heavy atom. The first-order chi connectivity index (χ1) is 14.0. The molecule has 1 saturated heterocycles. The molecular weight excluding hydrogens is 362 g/mol. The van der Waals surface area contributed by atoms with E-state index in [9.17, 15) is 9.59 Å². The van der Waals surface area contributed by atoms with Crippen molar-refractivity contribution in [2.75, 3.05) is 19.6 Å². The summed E-state index contributed by atoms with van der Waals surface area (Å²) in [6.45, 7) is 6.14. The highest BCUT2D eigenvalue weighted by atomic mass is 16.2. The molecule has 2 heterocycles. The van der Waals surface area contributed by atoms with Crippen LogP contribution in [-0.2, 0) is 11.2 Å². The van der Waals surface area contributed by atoms with Gasteiger partial charge in [0.1, 0.15) is 0 Å². The lowest BCUT2D eigenvalue weighted by atomic mass is 9.90. The average molecular weight is 392 g/mol. The number of amides is 2. The zero-order valence-electron chi connectivity index (χ0n) is 17.3. The van der Waals surface area contributed by atoms with Gasteiger partial charge in [0.25, 0.3) is 5.91 Å². The van der Waals surface area contributed by atoms with Gasteiger partial charge in [-0.15, -0.1) is 0 Å². The summed E-state index contributed by atoms with van der Waals surface area (Å²) < 4.78 is 0. The first-order valence-corrected chi connectivity index (χ1v) is 10.5. The molecule has 0 radical (unpaired) electrons. The monoisotopic (exact) mass is 391 g/mol. The fourth-order valence-electron chi connectivity index (χ4n) is 4.63. The third kappa shape index (κ3) is 4.19. The third-order valence-corrected chi connectivity index (χ3v) is 6.57. The van der Waals surface area contributed by atoms with Gasteiger partial charge in [-0.2, -0.15) is 0 Å². The Morgan fingerprint density at radius 2 is 1.97 bits per heavy atom. The minimum atomic E-state index is 0.101. The van der Waals surface area contributed by atoms with Crippen molar-refractivity contribution in [3.8, 4) is 0 Å². The van der Waals surface area contributed by atoms with Crippen LogP contribution in [0.2, 0.25) is 0 Å². The second-order valence-electron chi connectivity index (χ2n) is 8.59. The molecule has 1 saturated carbocycles. The smallest absolute Gasteiger partial charge is 0.254 e. The number of benzene rings is 1. The van der Waals surface area contributed by atoms with Crippen LogP contribution in [0.1, 0.15) is 46.4 Å². The number of rotatable bonds is 5. The molecule has 2 amide bonds. The molecule has 0 unspecified atom stereocenters. The van der Waals surface area contributed by atoms with Gasteiger partial charge in [-0.25, -0.2) is 0 Å². The van der Waals surface area contributed by atoms with Gasteiger partial charge < -0.3 is 10.2 Å². The van der Waals surface area contributed by atoms with Gasteiger partial charge in [-0.05, 0) is 62.3 Å². The van der Waals surface area contributed by atoms with E-state index in [1.54, 1.807) is 6.20 Å². The van der Waals surface area contributed by atoms with Crippen molar-refractivity contribution in [2.24, 2.45) is 11.3 Å². The number of nitrogens with one attached hydrogen (secondary N) is 1. The normalized spacial score (nSPS) is 19.8. The largest absolute Gasteiger partial charge is 0.355 e. The fourth-order valence-corrected chi connectivity index (χ4v) is 4.63. The number of hydrogen-bond donors (Lipinski definition) is 1. The molecule has 2 fully saturated rings. The van der Waals surface area contributed by atoms with Crippen molar-refractivity contribution in [1.82, 2.24) is 15.2 Å². The van der Waals surface area contributed by atoms with Crippen LogP contribution in [0.4, 0.5) is 0 Å².